The third-order valence-electron chi connectivity index (χ3n) is 3.36. The van der Waals surface area contributed by atoms with Crippen molar-refractivity contribution >= 4 is 11.6 Å². The summed E-state index contributed by atoms with van der Waals surface area (Å²) >= 11 is 0. The number of amides is 1. The zero-order chi connectivity index (χ0) is 15.4. The zero-order valence-electron chi connectivity index (χ0n) is 12.3. The fraction of sp³-hybridized carbons (Fsp3) is 0.235. The van der Waals surface area contributed by atoms with Gasteiger partial charge in [0.1, 0.15) is 5.75 Å². The van der Waals surface area contributed by atoms with Gasteiger partial charge in [-0.3, -0.25) is 4.79 Å². The van der Waals surface area contributed by atoms with E-state index in [0.29, 0.717) is 36.0 Å². The van der Waals surface area contributed by atoms with E-state index < -0.39 is 0 Å². The predicted molar refractivity (Wildman–Crippen MR) is 83.0 cm³/mol. The number of benzene rings is 2. The van der Waals surface area contributed by atoms with Gasteiger partial charge in [0.25, 0.3) is 5.91 Å². The van der Waals surface area contributed by atoms with Gasteiger partial charge in [-0.25, -0.2) is 0 Å². The quantitative estimate of drug-likeness (QED) is 0.946. The second-order valence-corrected chi connectivity index (χ2v) is 4.89. The number of hydrogen-bond donors (Lipinski definition) is 1. The smallest absolute Gasteiger partial charge is 0.255 e. The van der Waals surface area contributed by atoms with Gasteiger partial charge >= 0.3 is 0 Å². The first-order valence-electron chi connectivity index (χ1n) is 7.11. The molecule has 0 atom stereocenters. The van der Waals surface area contributed by atoms with Crippen molar-refractivity contribution in [3.05, 3.63) is 48.0 Å². The Labute approximate surface area is 128 Å². The molecular weight excluding hydrogens is 282 g/mol. The number of hydrogen-bond acceptors (Lipinski definition) is 4. The van der Waals surface area contributed by atoms with Crippen LogP contribution in [0.3, 0.4) is 0 Å². The highest BCUT2D eigenvalue weighted by molar-refractivity contribution is 6.04. The lowest BCUT2D eigenvalue weighted by atomic mass is 10.2. The Hall–Kier alpha value is -2.69. The maximum Gasteiger partial charge on any atom is 0.255 e. The van der Waals surface area contributed by atoms with E-state index in [4.69, 9.17) is 14.2 Å². The molecule has 0 spiro atoms. The maximum atomic E-state index is 12.3. The zero-order valence-corrected chi connectivity index (χ0v) is 12.3. The number of methoxy groups -OCH3 is 1. The van der Waals surface area contributed by atoms with Crippen LogP contribution in [0.25, 0.3) is 0 Å². The number of carbonyl (C=O) groups excluding carboxylic acids is 1. The number of ether oxygens (including phenoxy) is 3. The molecule has 3 rings (SSSR count). The Morgan fingerprint density at radius 1 is 1.05 bits per heavy atom. The Morgan fingerprint density at radius 2 is 1.77 bits per heavy atom. The fourth-order valence-electron chi connectivity index (χ4n) is 2.18. The van der Waals surface area contributed by atoms with Gasteiger partial charge in [-0.1, -0.05) is 0 Å². The van der Waals surface area contributed by atoms with Gasteiger partial charge in [-0.2, -0.15) is 0 Å². The highest BCUT2D eigenvalue weighted by Crippen LogP contribution is 2.30. The molecule has 2 aromatic carbocycles. The third-order valence-corrected chi connectivity index (χ3v) is 3.36. The van der Waals surface area contributed by atoms with Crippen molar-refractivity contribution in [3.63, 3.8) is 0 Å². The summed E-state index contributed by atoms with van der Waals surface area (Å²) in [6.07, 6.45) is 0.835. The molecule has 2 aromatic rings. The highest BCUT2D eigenvalue weighted by Gasteiger charge is 2.14. The molecule has 1 heterocycles. The topological polar surface area (TPSA) is 56.8 Å². The SMILES string of the molecule is COc1ccc(NC(=O)c2ccc3c(c2)OCCCO3)cc1. The molecule has 0 saturated carbocycles. The third kappa shape index (κ3) is 3.14. The Balaban J connectivity index is 1.75. The summed E-state index contributed by atoms with van der Waals surface area (Å²) in [6, 6.07) is 12.4. The number of anilines is 1. The van der Waals surface area contributed by atoms with Crippen molar-refractivity contribution in [2.45, 2.75) is 6.42 Å². The van der Waals surface area contributed by atoms with Gasteiger partial charge in [0.2, 0.25) is 0 Å². The van der Waals surface area contributed by atoms with Crippen LogP contribution in [0, 0.1) is 0 Å². The summed E-state index contributed by atoms with van der Waals surface area (Å²) in [7, 11) is 1.60. The molecule has 22 heavy (non-hydrogen) atoms. The largest absolute Gasteiger partial charge is 0.497 e. The Morgan fingerprint density at radius 3 is 2.50 bits per heavy atom. The van der Waals surface area contributed by atoms with E-state index >= 15 is 0 Å². The molecule has 0 aliphatic carbocycles. The van der Waals surface area contributed by atoms with Crippen molar-refractivity contribution in [2.75, 3.05) is 25.6 Å². The number of carbonyl (C=O) groups is 1. The molecule has 5 nitrogen and oxygen atoms in total. The minimum Gasteiger partial charge on any atom is -0.497 e. The van der Waals surface area contributed by atoms with Gasteiger partial charge in [-0.15, -0.1) is 0 Å². The second kappa shape index (κ2) is 6.39. The average Bonchev–Trinajstić information content (AvgIpc) is 2.80. The van der Waals surface area contributed by atoms with Crippen molar-refractivity contribution in [2.24, 2.45) is 0 Å². The van der Waals surface area contributed by atoms with Crippen molar-refractivity contribution in [1.82, 2.24) is 0 Å². The first-order valence-corrected chi connectivity index (χ1v) is 7.11. The van der Waals surface area contributed by atoms with E-state index in [1.807, 2.05) is 0 Å². The lowest BCUT2D eigenvalue weighted by molar-refractivity contribution is 0.102. The minimum atomic E-state index is -0.194. The van der Waals surface area contributed by atoms with Gasteiger partial charge in [0.05, 0.1) is 20.3 Å². The van der Waals surface area contributed by atoms with Crippen LogP contribution in [0.1, 0.15) is 16.8 Å². The van der Waals surface area contributed by atoms with Crippen LogP contribution < -0.4 is 19.5 Å². The molecule has 5 heteroatoms. The van der Waals surface area contributed by atoms with E-state index in [1.165, 1.54) is 0 Å². The highest BCUT2D eigenvalue weighted by atomic mass is 16.5. The van der Waals surface area contributed by atoms with Crippen molar-refractivity contribution < 1.29 is 19.0 Å². The number of fused-ring (bicyclic) bond motifs is 1. The molecule has 0 unspecified atom stereocenters. The minimum absolute atomic E-state index is 0.194. The summed E-state index contributed by atoms with van der Waals surface area (Å²) in [4.78, 5) is 12.3. The molecule has 1 amide bonds. The summed E-state index contributed by atoms with van der Waals surface area (Å²) in [5.74, 6) is 1.84. The maximum absolute atomic E-state index is 12.3. The van der Waals surface area contributed by atoms with Crippen LogP contribution in [-0.2, 0) is 0 Å². The first-order chi connectivity index (χ1) is 10.8. The van der Waals surface area contributed by atoms with E-state index in [2.05, 4.69) is 5.32 Å². The molecule has 0 saturated heterocycles. The monoisotopic (exact) mass is 299 g/mol. The normalized spacial score (nSPS) is 13.1. The van der Waals surface area contributed by atoms with Crippen LogP contribution >= 0.6 is 0 Å². The van der Waals surface area contributed by atoms with Gasteiger partial charge in [0.15, 0.2) is 11.5 Å². The molecule has 0 fully saturated rings. The molecule has 0 radical (unpaired) electrons. The molecule has 1 aliphatic rings. The van der Waals surface area contributed by atoms with E-state index in [-0.39, 0.29) is 5.91 Å². The molecule has 0 bridgehead atoms. The van der Waals surface area contributed by atoms with Crippen LogP contribution in [0.5, 0.6) is 17.2 Å². The van der Waals surface area contributed by atoms with Crippen molar-refractivity contribution in [3.8, 4) is 17.2 Å². The number of rotatable bonds is 3. The van der Waals surface area contributed by atoms with E-state index in [0.717, 1.165) is 12.2 Å². The molecule has 0 aromatic heterocycles. The number of nitrogens with one attached hydrogen (secondary N) is 1. The van der Waals surface area contributed by atoms with Crippen LogP contribution in [-0.4, -0.2) is 26.2 Å². The second-order valence-electron chi connectivity index (χ2n) is 4.89. The van der Waals surface area contributed by atoms with Gasteiger partial charge in [0, 0.05) is 17.7 Å². The Bertz CT molecular complexity index is 667. The average molecular weight is 299 g/mol. The lowest BCUT2D eigenvalue weighted by Crippen LogP contribution is -2.12. The van der Waals surface area contributed by atoms with Crippen LogP contribution in [0.2, 0.25) is 0 Å². The summed E-state index contributed by atoms with van der Waals surface area (Å²) in [6.45, 7) is 1.22. The molecule has 114 valence electrons. The Kier molecular flexibility index (Phi) is 4.14. The van der Waals surface area contributed by atoms with E-state index in [1.54, 1.807) is 49.6 Å². The van der Waals surface area contributed by atoms with Crippen LogP contribution in [0.4, 0.5) is 5.69 Å². The molecular formula is C17H17NO4. The standard InChI is InChI=1S/C17H17NO4/c1-20-14-6-4-13(5-7-14)18-17(19)12-3-8-15-16(11-12)22-10-2-9-21-15/h3-8,11H,2,9-10H2,1H3,(H,18,19). The lowest BCUT2D eigenvalue weighted by Gasteiger charge is -2.10. The van der Waals surface area contributed by atoms with Crippen molar-refractivity contribution in [1.29, 1.82) is 0 Å². The first kappa shape index (κ1) is 14.3. The molecule has 1 aliphatic heterocycles. The molecule has 1 N–H and O–H groups in total. The fourth-order valence-corrected chi connectivity index (χ4v) is 2.18. The predicted octanol–water partition coefficient (Wildman–Crippen LogP) is 3.11. The summed E-state index contributed by atoms with van der Waals surface area (Å²) < 4.78 is 16.2. The van der Waals surface area contributed by atoms with Gasteiger partial charge in [-0.05, 0) is 42.5 Å². The van der Waals surface area contributed by atoms with Crippen LogP contribution in [0.15, 0.2) is 42.5 Å². The van der Waals surface area contributed by atoms with Gasteiger partial charge < -0.3 is 19.5 Å². The van der Waals surface area contributed by atoms with E-state index in [9.17, 15) is 4.79 Å². The summed E-state index contributed by atoms with van der Waals surface area (Å²) in [5.41, 5.74) is 1.23. The summed E-state index contributed by atoms with van der Waals surface area (Å²) in [5, 5.41) is 2.84.